The van der Waals surface area contributed by atoms with Crippen molar-refractivity contribution < 1.29 is 14.4 Å². The zero-order valence-electron chi connectivity index (χ0n) is 12.0. The maximum absolute atomic E-state index is 12.4. The van der Waals surface area contributed by atoms with Gasteiger partial charge in [0.15, 0.2) is 0 Å². The number of piperazine rings is 1. The summed E-state index contributed by atoms with van der Waals surface area (Å²) in [5.74, 6) is -1.45. The predicted octanol–water partition coefficient (Wildman–Crippen LogP) is -0.129. The van der Waals surface area contributed by atoms with E-state index in [2.05, 4.69) is 5.32 Å². The number of amides is 3. The Morgan fingerprint density at radius 3 is 2.53 bits per heavy atom. The number of hydrogen-bond acceptors (Lipinski definition) is 4. The Morgan fingerprint density at radius 1 is 1.47 bits per heavy atom. The van der Waals surface area contributed by atoms with Gasteiger partial charge >= 0.3 is 0 Å². The van der Waals surface area contributed by atoms with Crippen molar-refractivity contribution in [1.29, 1.82) is 0 Å². The lowest BCUT2D eigenvalue weighted by atomic mass is 9.84. The van der Waals surface area contributed by atoms with Crippen LogP contribution in [0.15, 0.2) is 0 Å². The fourth-order valence-corrected chi connectivity index (χ4v) is 2.23. The third kappa shape index (κ3) is 4.02. The van der Waals surface area contributed by atoms with Gasteiger partial charge in [0.1, 0.15) is 12.6 Å². The molecule has 3 N–H and O–H groups in total. The van der Waals surface area contributed by atoms with E-state index < -0.39 is 17.9 Å². The van der Waals surface area contributed by atoms with E-state index in [0.29, 0.717) is 6.42 Å². The van der Waals surface area contributed by atoms with Crippen molar-refractivity contribution in [1.82, 2.24) is 10.2 Å². The van der Waals surface area contributed by atoms with Crippen molar-refractivity contribution in [2.45, 2.75) is 40.2 Å². The molecular formula is C13H23N3O3. The quantitative estimate of drug-likeness (QED) is 0.698. The molecule has 19 heavy (non-hydrogen) atoms. The largest absolute Gasteiger partial charge is 0.330 e. The van der Waals surface area contributed by atoms with Crippen LogP contribution in [0.25, 0.3) is 0 Å². The van der Waals surface area contributed by atoms with E-state index >= 15 is 0 Å². The Balaban J connectivity index is 2.84. The monoisotopic (exact) mass is 269 g/mol. The number of carbonyl (C=O) groups excluding carboxylic acids is 3. The number of hydrogen-bond donors (Lipinski definition) is 2. The number of imide groups is 1. The molecule has 0 spiro atoms. The highest BCUT2D eigenvalue weighted by Gasteiger charge is 2.37. The van der Waals surface area contributed by atoms with Gasteiger partial charge in [-0.3, -0.25) is 19.7 Å². The molecule has 1 rings (SSSR count). The standard InChI is InChI=1S/C13H23N3O3/c1-8-11(18)15-10(17)7-16(8)12(19)9(6-14)5-13(2,3)4/h8-9H,5-7,14H2,1-4H3,(H,15,17,18). The Hall–Kier alpha value is -1.43. The SMILES string of the molecule is CC1C(=O)NC(=O)CN1C(=O)C(CN)CC(C)(C)C. The van der Waals surface area contributed by atoms with Crippen LogP contribution in [0.1, 0.15) is 34.1 Å². The van der Waals surface area contributed by atoms with Crippen LogP contribution in [0.3, 0.4) is 0 Å². The van der Waals surface area contributed by atoms with E-state index in [1.54, 1.807) is 6.92 Å². The summed E-state index contributed by atoms with van der Waals surface area (Å²) in [5, 5.41) is 2.22. The van der Waals surface area contributed by atoms with Crippen molar-refractivity contribution in [2.24, 2.45) is 17.1 Å². The summed E-state index contributed by atoms with van der Waals surface area (Å²) >= 11 is 0. The summed E-state index contributed by atoms with van der Waals surface area (Å²) in [5.41, 5.74) is 5.63. The lowest BCUT2D eigenvalue weighted by Crippen LogP contribution is -2.60. The van der Waals surface area contributed by atoms with Gasteiger partial charge in [-0.1, -0.05) is 20.8 Å². The molecule has 2 atom stereocenters. The number of rotatable bonds is 3. The smallest absolute Gasteiger partial charge is 0.249 e. The molecule has 0 aromatic heterocycles. The van der Waals surface area contributed by atoms with Crippen LogP contribution in [0.5, 0.6) is 0 Å². The first-order valence-electron chi connectivity index (χ1n) is 6.50. The number of carbonyl (C=O) groups is 3. The lowest BCUT2D eigenvalue weighted by molar-refractivity contribution is -0.151. The first kappa shape index (κ1) is 15.6. The Bertz CT molecular complexity index is 387. The lowest BCUT2D eigenvalue weighted by Gasteiger charge is -2.35. The van der Waals surface area contributed by atoms with Crippen molar-refractivity contribution in [3.05, 3.63) is 0 Å². The third-order valence-electron chi connectivity index (χ3n) is 3.20. The molecule has 0 aromatic carbocycles. The van der Waals surface area contributed by atoms with Crippen LogP contribution in [0.4, 0.5) is 0 Å². The predicted molar refractivity (Wildman–Crippen MR) is 70.9 cm³/mol. The van der Waals surface area contributed by atoms with Gasteiger partial charge in [-0.15, -0.1) is 0 Å². The minimum Gasteiger partial charge on any atom is -0.330 e. The van der Waals surface area contributed by atoms with Crippen LogP contribution in [-0.2, 0) is 14.4 Å². The van der Waals surface area contributed by atoms with Crippen LogP contribution in [0.2, 0.25) is 0 Å². The number of nitrogens with two attached hydrogens (primary N) is 1. The van der Waals surface area contributed by atoms with Gasteiger partial charge in [0.2, 0.25) is 17.7 Å². The van der Waals surface area contributed by atoms with Crippen molar-refractivity contribution in [3.8, 4) is 0 Å². The summed E-state index contributed by atoms with van der Waals surface area (Å²) in [6.45, 7) is 7.84. The molecule has 0 aromatic rings. The van der Waals surface area contributed by atoms with E-state index in [1.165, 1.54) is 4.90 Å². The first-order valence-corrected chi connectivity index (χ1v) is 6.50. The molecular weight excluding hydrogens is 246 g/mol. The molecule has 1 aliphatic heterocycles. The van der Waals surface area contributed by atoms with Gasteiger partial charge in [0, 0.05) is 6.54 Å². The Kier molecular flexibility index (Phi) is 4.68. The first-order chi connectivity index (χ1) is 8.65. The van der Waals surface area contributed by atoms with Gasteiger partial charge in [0.25, 0.3) is 0 Å². The fourth-order valence-electron chi connectivity index (χ4n) is 2.23. The number of nitrogens with zero attached hydrogens (tertiary/aromatic N) is 1. The third-order valence-corrected chi connectivity index (χ3v) is 3.20. The summed E-state index contributed by atoms with van der Waals surface area (Å²) in [7, 11) is 0. The highest BCUT2D eigenvalue weighted by Crippen LogP contribution is 2.26. The van der Waals surface area contributed by atoms with Crippen molar-refractivity contribution in [2.75, 3.05) is 13.1 Å². The second-order valence-corrected chi connectivity index (χ2v) is 6.25. The van der Waals surface area contributed by atoms with E-state index in [9.17, 15) is 14.4 Å². The van der Waals surface area contributed by atoms with Gasteiger partial charge in [-0.2, -0.15) is 0 Å². The van der Waals surface area contributed by atoms with E-state index in [0.717, 1.165) is 0 Å². The second-order valence-electron chi connectivity index (χ2n) is 6.25. The number of nitrogens with one attached hydrogen (secondary N) is 1. The van der Waals surface area contributed by atoms with Crippen LogP contribution in [-0.4, -0.2) is 41.8 Å². The zero-order valence-corrected chi connectivity index (χ0v) is 12.0. The van der Waals surface area contributed by atoms with Crippen molar-refractivity contribution in [3.63, 3.8) is 0 Å². The maximum Gasteiger partial charge on any atom is 0.249 e. The summed E-state index contributed by atoms with van der Waals surface area (Å²) < 4.78 is 0. The average Bonchev–Trinajstić information content (AvgIpc) is 2.28. The molecule has 2 unspecified atom stereocenters. The van der Waals surface area contributed by atoms with Crippen LogP contribution < -0.4 is 11.1 Å². The van der Waals surface area contributed by atoms with E-state index in [-0.39, 0.29) is 30.3 Å². The second kappa shape index (κ2) is 5.69. The summed E-state index contributed by atoms with van der Waals surface area (Å²) in [6.07, 6.45) is 0.626. The molecule has 1 fully saturated rings. The molecule has 6 heteroatoms. The summed E-state index contributed by atoms with van der Waals surface area (Å²) in [4.78, 5) is 36.7. The molecule has 1 saturated heterocycles. The minimum atomic E-state index is -0.626. The summed E-state index contributed by atoms with van der Waals surface area (Å²) in [6, 6.07) is -0.626. The molecule has 6 nitrogen and oxygen atoms in total. The molecule has 108 valence electrons. The maximum atomic E-state index is 12.4. The molecule has 0 bridgehead atoms. The van der Waals surface area contributed by atoms with E-state index in [1.807, 2.05) is 20.8 Å². The molecule has 3 amide bonds. The highest BCUT2D eigenvalue weighted by molar-refractivity contribution is 6.04. The normalized spacial score (nSPS) is 22.2. The van der Waals surface area contributed by atoms with Gasteiger partial charge in [-0.05, 0) is 18.8 Å². The van der Waals surface area contributed by atoms with Gasteiger partial charge in [-0.25, -0.2) is 0 Å². The highest BCUT2D eigenvalue weighted by atomic mass is 16.2. The molecule has 1 heterocycles. The Labute approximate surface area is 113 Å². The zero-order chi connectivity index (χ0) is 14.8. The van der Waals surface area contributed by atoms with Crippen LogP contribution >= 0.6 is 0 Å². The topological polar surface area (TPSA) is 92.5 Å². The molecule has 0 saturated carbocycles. The molecule has 0 radical (unpaired) electrons. The van der Waals surface area contributed by atoms with Crippen molar-refractivity contribution >= 4 is 17.7 Å². The van der Waals surface area contributed by atoms with Gasteiger partial charge in [0.05, 0.1) is 5.92 Å². The average molecular weight is 269 g/mol. The fraction of sp³-hybridized carbons (Fsp3) is 0.769. The van der Waals surface area contributed by atoms with Crippen LogP contribution in [0, 0.1) is 11.3 Å². The minimum absolute atomic E-state index is 0.0367. The Morgan fingerprint density at radius 2 is 2.05 bits per heavy atom. The van der Waals surface area contributed by atoms with E-state index in [4.69, 9.17) is 5.73 Å². The molecule has 0 aliphatic carbocycles. The molecule has 1 aliphatic rings. The van der Waals surface area contributed by atoms with Gasteiger partial charge < -0.3 is 10.6 Å².